The molecule has 0 radical (unpaired) electrons. The quantitative estimate of drug-likeness (QED) is 0.877. The van der Waals surface area contributed by atoms with Crippen molar-refractivity contribution in [2.24, 2.45) is 0 Å². The fourth-order valence-electron chi connectivity index (χ4n) is 2.77. The van der Waals surface area contributed by atoms with Gasteiger partial charge in [0.25, 0.3) is 0 Å². The summed E-state index contributed by atoms with van der Waals surface area (Å²) in [6.07, 6.45) is 3.78. The van der Waals surface area contributed by atoms with Crippen molar-refractivity contribution in [1.29, 1.82) is 0 Å². The highest BCUT2D eigenvalue weighted by molar-refractivity contribution is 5.35. The zero-order valence-corrected chi connectivity index (χ0v) is 14.2. The van der Waals surface area contributed by atoms with Gasteiger partial charge in [0.15, 0.2) is 0 Å². The van der Waals surface area contributed by atoms with E-state index in [0.29, 0.717) is 6.54 Å². The number of anilines is 1. The molecule has 2 aromatic rings. The van der Waals surface area contributed by atoms with Gasteiger partial charge in [0, 0.05) is 49.2 Å². The Morgan fingerprint density at radius 2 is 1.92 bits per heavy atom. The summed E-state index contributed by atoms with van der Waals surface area (Å²) < 4.78 is 10.8. The van der Waals surface area contributed by atoms with Crippen LogP contribution in [-0.2, 0) is 11.3 Å². The van der Waals surface area contributed by atoms with Crippen LogP contribution in [0.3, 0.4) is 0 Å². The van der Waals surface area contributed by atoms with Crippen LogP contribution in [0.1, 0.15) is 24.1 Å². The molecule has 1 aliphatic rings. The lowest BCUT2D eigenvalue weighted by Gasteiger charge is -2.26. The van der Waals surface area contributed by atoms with Crippen molar-refractivity contribution < 1.29 is 9.47 Å². The van der Waals surface area contributed by atoms with Crippen LogP contribution in [0.5, 0.6) is 5.75 Å². The molecule has 1 aromatic carbocycles. The van der Waals surface area contributed by atoms with Gasteiger partial charge in [-0.25, -0.2) is 9.97 Å². The van der Waals surface area contributed by atoms with Crippen LogP contribution in [0.4, 0.5) is 5.95 Å². The lowest BCUT2D eigenvalue weighted by molar-refractivity contribution is 0.122. The zero-order valence-electron chi connectivity index (χ0n) is 14.2. The number of nitrogens with one attached hydrogen (secondary N) is 1. The molecule has 6 nitrogen and oxygen atoms in total. The van der Waals surface area contributed by atoms with E-state index >= 15 is 0 Å². The highest BCUT2D eigenvalue weighted by Gasteiger charge is 2.14. The van der Waals surface area contributed by atoms with Gasteiger partial charge in [-0.1, -0.05) is 18.2 Å². The maximum atomic E-state index is 5.42. The Labute approximate surface area is 142 Å². The summed E-state index contributed by atoms with van der Waals surface area (Å²) >= 11 is 0. The number of morpholine rings is 1. The maximum Gasteiger partial charge on any atom is 0.225 e. The van der Waals surface area contributed by atoms with E-state index in [-0.39, 0.29) is 6.04 Å². The van der Waals surface area contributed by atoms with Crippen molar-refractivity contribution >= 4 is 5.95 Å². The largest absolute Gasteiger partial charge is 0.496 e. The molecule has 0 spiro atoms. The smallest absolute Gasteiger partial charge is 0.225 e. The Morgan fingerprint density at radius 3 is 2.62 bits per heavy atom. The molecule has 1 atom stereocenters. The number of benzene rings is 1. The third kappa shape index (κ3) is 4.01. The fourth-order valence-corrected chi connectivity index (χ4v) is 2.77. The number of nitrogens with zero attached hydrogens (tertiary/aromatic N) is 3. The molecule has 0 aliphatic carbocycles. The number of methoxy groups -OCH3 is 1. The van der Waals surface area contributed by atoms with Crippen molar-refractivity contribution in [3.8, 4) is 5.75 Å². The SMILES string of the molecule is COc1ccccc1[C@@H](C)NCc1cnc(N2CCOCC2)nc1. The first-order chi connectivity index (χ1) is 11.8. The number of ether oxygens (including phenoxy) is 2. The van der Waals surface area contributed by atoms with Gasteiger partial charge in [0.2, 0.25) is 5.95 Å². The van der Waals surface area contributed by atoms with Gasteiger partial charge in [0.1, 0.15) is 5.75 Å². The van der Waals surface area contributed by atoms with E-state index in [2.05, 4.69) is 33.2 Å². The molecule has 128 valence electrons. The average molecular weight is 328 g/mol. The summed E-state index contributed by atoms with van der Waals surface area (Å²) in [6.45, 7) is 6.01. The summed E-state index contributed by atoms with van der Waals surface area (Å²) in [5.74, 6) is 1.68. The van der Waals surface area contributed by atoms with E-state index in [1.807, 2.05) is 30.6 Å². The van der Waals surface area contributed by atoms with Gasteiger partial charge in [-0.2, -0.15) is 0 Å². The minimum absolute atomic E-state index is 0.181. The average Bonchev–Trinajstić information content (AvgIpc) is 2.67. The summed E-state index contributed by atoms with van der Waals surface area (Å²) in [5, 5.41) is 3.50. The highest BCUT2D eigenvalue weighted by atomic mass is 16.5. The lowest BCUT2D eigenvalue weighted by Crippen LogP contribution is -2.37. The second-order valence-electron chi connectivity index (χ2n) is 5.84. The van der Waals surface area contributed by atoms with Crippen molar-refractivity contribution in [2.75, 3.05) is 38.3 Å². The summed E-state index contributed by atoms with van der Waals surface area (Å²) in [4.78, 5) is 11.1. The molecule has 6 heteroatoms. The van der Waals surface area contributed by atoms with Crippen LogP contribution in [-0.4, -0.2) is 43.4 Å². The molecular weight excluding hydrogens is 304 g/mol. The third-order valence-corrected chi connectivity index (χ3v) is 4.20. The van der Waals surface area contributed by atoms with E-state index < -0.39 is 0 Å². The van der Waals surface area contributed by atoms with Gasteiger partial charge in [-0.3, -0.25) is 0 Å². The number of hydrogen-bond donors (Lipinski definition) is 1. The van der Waals surface area contributed by atoms with Crippen molar-refractivity contribution in [1.82, 2.24) is 15.3 Å². The first-order valence-corrected chi connectivity index (χ1v) is 8.28. The predicted octanol–water partition coefficient (Wildman–Crippen LogP) is 2.17. The predicted molar refractivity (Wildman–Crippen MR) is 93.3 cm³/mol. The van der Waals surface area contributed by atoms with Crippen LogP contribution in [0.2, 0.25) is 0 Å². The second-order valence-corrected chi connectivity index (χ2v) is 5.84. The third-order valence-electron chi connectivity index (χ3n) is 4.20. The maximum absolute atomic E-state index is 5.42. The van der Waals surface area contributed by atoms with Crippen molar-refractivity contribution in [2.45, 2.75) is 19.5 Å². The van der Waals surface area contributed by atoms with E-state index in [0.717, 1.165) is 49.1 Å². The Hall–Kier alpha value is -2.18. The van der Waals surface area contributed by atoms with Crippen molar-refractivity contribution in [3.05, 3.63) is 47.8 Å². The molecule has 3 rings (SSSR count). The number of aromatic nitrogens is 2. The van der Waals surface area contributed by atoms with Gasteiger partial charge in [-0.15, -0.1) is 0 Å². The molecule has 0 bridgehead atoms. The van der Waals surface area contributed by atoms with Crippen LogP contribution in [0, 0.1) is 0 Å². The Kier molecular flexibility index (Phi) is 5.61. The minimum atomic E-state index is 0.181. The molecule has 1 N–H and O–H groups in total. The van der Waals surface area contributed by atoms with E-state index in [1.54, 1.807) is 7.11 Å². The monoisotopic (exact) mass is 328 g/mol. The Bertz CT molecular complexity index is 642. The number of hydrogen-bond acceptors (Lipinski definition) is 6. The molecule has 1 aromatic heterocycles. The first kappa shape index (κ1) is 16.7. The Morgan fingerprint density at radius 1 is 1.21 bits per heavy atom. The summed E-state index contributed by atoms with van der Waals surface area (Å²) in [6, 6.07) is 8.24. The first-order valence-electron chi connectivity index (χ1n) is 8.28. The van der Waals surface area contributed by atoms with E-state index in [1.165, 1.54) is 0 Å². The molecule has 2 heterocycles. The second kappa shape index (κ2) is 8.08. The van der Waals surface area contributed by atoms with E-state index in [4.69, 9.17) is 9.47 Å². The highest BCUT2D eigenvalue weighted by Crippen LogP contribution is 2.24. The zero-order chi connectivity index (χ0) is 16.8. The van der Waals surface area contributed by atoms with Crippen LogP contribution in [0.25, 0.3) is 0 Å². The van der Waals surface area contributed by atoms with Crippen LogP contribution in [0.15, 0.2) is 36.7 Å². The molecule has 1 aliphatic heterocycles. The fraction of sp³-hybridized carbons (Fsp3) is 0.444. The summed E-state index contributed by atoms with van der Waals surface area (Å²) in [5.41, 5.74) is 2.21. The lowest BCUT2D eigenvalue weighted by atomic mass is 10.1. The molecule has 24 heavy (non-hydrogen) atoms. The number of rotatable bonds is 6. The van der Waals surface area contributed by atoms with Gasteiger partial charge >= 0.3 is 0 Å². The minimum Gasteiger partial charge on any atom is -0.496 e. The normalized spacial score (nSPS) is 16.0. The number of para-hydroxylation sites is 1. The molecule has 0 unspecified atom stereocenters. The van der Waals surface area contributed by atoms with E-state index in [9.17, 15) is 0 Å². The van der Waals surface area contributed by atoms with Gasteiger partial charge in [0.05, 0.1) is 20.3 Å². The Balaban J connectivity index is 1.58. The van der Waals surface area contributed by atoms with Gasteiger partial charge in [-0.05, 0) is 13.0 Å². The molecular formula is C18H24N4O2. The molecule has 1 saturated heterocycles. The van der Waals surface area contributed by atoms with Crippen LogP contribution < -0.4 is 15.0 Å². The molecule has 0 saturated carbocycles. The molecule has 1 fully saturated rings. The standard InChI is InChI=1S/C18H24N4O2/c1-14(16-5-3-4-6-17(16)23-2)19-11-15-12-20-18(21-13-15)22-7-9-24-10-8-22/h3-6,12-14,19H,7-11H2,1-2H3/t14-/m1/s1. The topological polar surface area (TPSA) is 59.5 Å². The van der Waals surface area contributed by atoms with Crippen LogP contribution >= 0.6 is 0 Å². The van der Waals surface area contributed by atoms with Gasteiger partial charge < -0.3 is 19.7 Å². The van der Waals surface area contributed by atoms with Crippen molar-refractivity contribution in [3.63, 3.8) is 0 Å². The molecule has 0 amide bonds. The summed E-state index contributed by atoms with van der Waals surface area (Å²) in [7, 11) is 1.70.